The number of nitrogens with one attached hydrogen (secondary N) is 1. The van der Waals surface area contributed by atoms with Gasteiger partial charge in [0, 0.05) is 17.3 Å². The number of halogens is 2. The molecule has 0 bridgehead atoms. The fraction of sp³-hybridized carbons (Fsp3) is 0.471. The van der Waals surface area contributed by atoms with Crippen LogP contribution >= 0.6 is 24.0 Å². The third-order valence-electron chi connectivity index (χ3n) is 3.43. The van der Waals surface area contributed by atoms with Gasteiger partial charge in [0.25, 0.3) is 0 Å². The second-order valence-electron chi connectivity index (χ2n) is 5.92. The van der Waals surface area contributed by atoms with Gasteiger partial charge in [-0.15, -0.1) is 22.6 Å². The molecule has 0 spiro atoms. The Hall–Kier alpha value is -1.83. The Morgan fingerprint density at radius 2 is 1.96 bits per heavy atom. The maximum absolute atomic E-state index is 12.3. The molecule has 1 aromatic heterocycles. The molecule has 1 N–H and O–H groups in total. The van der Waals surface area contributed by atoms with E-state index in [1.165, 1.54) is 4.80 Å². The third-order valence-corrected chi connectivity index (χ3v) is 3.69. The molecule has 2 rings (SSSR count). The largest absolute Gasteiger partial charge is 0.461 e. The van der Waals surface area contributed by atoms with E-state index in [4.69, 9.17) is 16.3 Å². The van der Waals surface area contributed by atoms with Gasteiger partial charge in [0.2, 0.25) is 5.69 Å². The van der Waals surface area contributed by atoms with Crippen LogP contribution in [-0.4, -0.2) is 53.1 Å². The molecule has 0 unspecified atom stereocenters. The number of carbonyl (C=O) groups is 1. The highest BCUT2D eigenvalue weighted by atomic mass is 35.5. The van der Waals surface area contributed by atoms with Gasteiger partial charge in [-0.2, -0.15) is 4.80 Å². The van der Waals surface area contributed by atoms with E-state index in [1.54, 1.807) is 12.1 Å². The van der Waals surface area contributed by atoms with Crippen molar-refractivity contribution in [2.45, 2.75) is 26.3 Å². The van der Waals surface area contributed by atoms with Crippen LogP contribution in [0.4, 0.5) is 11.5 Å². The van der Waals surface area contributed by atoms with Crippen molar-refractivity contribution in [1.82, 2.24) is 19.9 Å². The van der Waals surface area contributed by atoms with E-state index in [-0.39, 0.29) is 18.1 Å². The van der Waals surface area contributed by atoms with Crippen LogP contribution in [0.3, 0.4) is 0 Å². The number of hydrogen-bond donors (Lipinski definition) is 1. The predicted molar refractivity (Wildman–Crippen MR) is 106 cm³/mol. The normalized spacial score (nSPS) is 10.5. The van der Waals surface area contributed by atoms with Crippen LogP contribution < -0.4 is 5.32 Å². The van der Waals surface area contributed by atoms with E-state index in [2.05, 4.69) is 15.5 Å². The SMILES string of the molecule is CCCCOC(=O)c1nn(CCN(C)C)nc1Nc1ccc(Cl)cc1.Cl. The Morgan fingerprint density at radius 1 is 1.27 bits per heavy atom. The minimum atomic E-state index is -0.471. The van der Waals surface area contributed by atoms with Gasteiger partial charge in [-0.05, 0) is 44.8 Å². The molecule has 1 heterocycles. The fourth-order valence-electron chi connectivity index (χ4n) is 2.01. The van der Waals surface area contributed by atoms with Crippen LogP contribution in [0, 0.1) is 0 Å². The fourth-order valence-corrected chi connectivity index (χ4v) is 2.13. The van der Waals surface area contributed by atoms with Crippen LogP contribution in [-0.2, 0) is 11.3 Å². The summed E-state index contributed by atoms with van der Waals surface area (Å²) in [5.74, 6) is -0.0939. The summed E-state index contributed by atoms with van der Waals surface area (Å²) in [6.07, 6.45) is 1.78. The summed E-state index contributed by atoms with van der Waals surface area (Å²) in [4.78, 5) is 15.9. The second kappa shape index (κ2) is 11.0. The standard InChI is InChI=1S/C17H24ClN5O2.ClH/c1-4-5-12-25-17(24)15-16(19-14-8-6-13(18)7-9-14)21-23(20-15)11-10-22(2)3;/h6-9H,4-5,10-12H2,1-3H3,(H,19,21);1H. The Kier molecular flexibility index (Phi) is 9.40. The van der Waals surface area contributed by atoms with Crippen molar-refractivity contribution in [3.05, 3.63) is 35.0 Å². The molecule has 0 radical (unpaired) electrons. The van der Waals surface area contributed by atoms with Gasteiger partial charge < -0.3 is 15.0 Å². The zero-order valence-corrected chi connectivity index (χ0v) is 16.8. The predicted octanol–water partition coefficient (Wildman–Crippen LogP) is 3.62. The highest BCUT2D eigenvalue weighted by molar-refractivity contribution is 6.30. The Labute approximate surface area is 165 Å². The monoisotopic (exact) mass is 401 g/mol. The molecule has 0 aliphatic heterocycles. The van der Waals surface area contributed by atoms with E-state index >= 15 is 0 Å². The van der Waals surface area contributed by atoms with E-state index in [0.717, 1.165) is 25.1 Å². The summed E-state index contributed by atoms with van der Waals surface area (Å²) >= 11 is 5.90. The van der Waals surface area contributed by atoms with Crippen LogP contribution in [0.25, 0.3) is 0 Å². The van der Waals surface area contributed by atoms with Crippen LogP contribution in [0.5, 0.6) is 0 Å². The lowest BCUT2D eigenvalue weighted by molar-refractivity contribution is 0.0493. The molecule has 0 aliphatic carbocycles. The number of unbranched alkanes of at least 4 members (excludes halogenated alkanes) is 1. The highest BCUT2D eigenvalue weighted by Gasteiger charge is 2.20. The first-order valence-corrected chi connectivity index (χ1v) is 8.67. The molecule has 0 fully saturated rings. The second-order valence-corrected chi connectivity index (χ2v) is 6.35. The molecule has 0 amide bonds. The summed E-state index contributed by atoms with van der Waals surface area (Å²) < 4.78 is 5.28. The van der Waals surface area contributed by atoms with E-state index in [9.17, 15) is 4.79 Å². The van der Waals surface area contributed by atoms with Crippen LogP contribution in [0.1, 0.15) is 30.3 Å². The summed E-state index contributed by atoms with van der Waals surface area (Å²) in [6, 6.07) is 7.15. The summed E-state index contributed by atoms with van der Waals surface area (Å²) in [5.41, 5.74) is 0.955. The van der Waals surface area contributed by atoms with Gasteiger partial charge in [0.15, 0.2) is 5.82 Å². The average Bonchev–Trinajstić information content (AvgIpc) is 2.98. The lowest BCUT2D eigenvalue weighted by atomic mass is 10.3. The molecule has 144 valence electrons. The zero-order valence-electron chi connectivity index (χ0n) is 15.2. The lowest BCUT2D eigenvalue weighted by Crippen LogP contribution is -2.20. The van der Waals surface area contributed by atoms with Crippen molar-refractivity contribution in [2.24, 2.45) is 0 Å². The Balaban J connectivity index is 0.00000338. The molecule has 0 aliphatic rings. The number of benzene rings is 1. The van der Waals surface area contributed by atoms with Crippen molar-refractivity contribution in [1.29, 1.82) is 0 Å². The van der Waals surface area contributed by atoms with Gasteiger partial charge in [-0.1, -0.05) is 24.9 Å². The minimum absolute atomic E-state index is 0. The van der Waals surface area contributed by atoms with Gasteiger partial charge in [0.1, 0.15) is 0 Å². The van der Waals surface area contributed by atoms with Gasteiger partial charge >= 0.3 is 5.97 Å². The van der Waals surface area contributed by atoms with E-state index < -0.39 is 5.97 Å². The summed E-state index contributed by atoms with van der Waals surface area (Å²) in [6.45, 7) is 3.75. The number of rotatable bonds is 9. The quantitative estimate of drug-likeness (QED) is 0.510. The molecule has 0 atom stereocenters. The van der Waals surface area contributed by atoms with E-state index in [1.807, 2.05) is 38.1 Å². The third kappa shape index (κ3) is 6.82. The molecule has 7 nitrogen and oxygen atoms in total. The Bertz CT molecular complexity index is 689. The highest BCUT2D eigenvalue weighted by Crippen LogP contribution is 2.20. The number of anilines is 2. The molecule has 9 heteroatoms. The first-order chi connectivity index (χ1) is 12.0. The van der Waals surface area contributed by atoms with Crippen LogP contribution in [0.15, 0.2) is 24.3 Å². The molecule has 0 saturated carbocycles. The van der Waals surface area contributed by atoms with Crippen molar-refractivity contribution >= 4 is 41.5 Å². The smallest absolute Gasteiger partial charge is 0.362 e. The number of carbonyl (C=O) groups excluding carboxylic acids is 1. The molecular weight excluding hydrogens is 377 g/mol. The maximum atomic E-state index is 12.3. The number of esters is 1. The average molecular weight is 402 g/mol. The Morgan fingerprint density at radius 3 is 2.58 bits per heavy atom. The molecule has 0 saturated heterocycles. The number of aromatic nitrogens is 3. The maximum Gasteiger partial charge on any atom is 0.362 e. The topological polar surface area (TPSA) is 72.3 Å². The van der Waals surface area contributed by atoms with Crippen molar-refractivity contribution < 1.29 is 9.53 Å². The van der Waals surface area contributed by atoms with E-state index in [0.29, 0.717) is 24.0 Å². The summed E-state index contributed by atoms with van der Waals surface area (Å²) in [7, 11) is 3.94. The zero-order chi connectivity index (χ0) is 18.2. The first-order valence-electron chi connectivity index (χ1n) is 8.29. The number of likely N-dealkylation sites (N-methyl/N-ethyl adjacent to an activating group) is 1. The van der Waals surface area contributed by atoms with Crippen molar-refractivity contribution in [3.8, 4) is 0 Å². The number of ether oxygens (including phenoxy) is 1. The number of hydrogen-bond acceptors (Lipinski definition) is 6. The first kappa shape index (κ1) is 22.2. The van der Waals surface area contributed by atoms with Crippen molar-refractivity contribution in [3.63, 3.8) is 0 Å². The van der Waals surface area contributed by atoms with Gasteiger partial charge in [-0.3, -0.25) is 0 Å². The van der Waals surface area contributed by atoms with Gasteiger partial charge in [-0.25, -0.2) is 4.79 Å². The lowest BCUT2D eigenvalue weighted by Gasteiger charge is -2.07. The molecule has 1 aromatic carbocycles. The van der Waals surface area contributed by atoms with Crippen molar-refractivity contribution in [2.75, 3.05) is 32.6 Å². The molecule has 2 aromatic rings. The van der Waals surface area contributed by atoms with Crippen LogP contribution in [0.2, 0.25) is 5.02 Å². The molecule has 26 heavy (non-hydrogen) atoms. The minimum Gasteiger partial charge on any atom is -0.461 e. The molecular formula is C17H25Cl2N5O2. The summed E-state index contributed by atoms with van der Waals surface area (Å²) in [5, 5.41) is 12.4. The van der Waals surface area contributed by atoms with Gasteiger partial charge in [0.05, 0.1) is 13.2 Å². The number of nitrogens with zero attached hydrogens (tertiary/aromatic N) is 4.